The highest BCUT2D eigenvalue weighted by Gasteiger charge is 2.20. The van der Waals surface area contributed by atoms with Gasteiger partial charge in [-0.05, 0) is 41.0 Å². The van der Waals surface area contributed by atoms with Crippen LogP contribution < -0.4 is 0 Å². The zero-order valence-electron chi connectivity index (χ0n) is 14.4. The molecule has 0 saturated heterocycles. The molecule has 0 saturated carbocycles. The van der Waals surface area contributed by atoms with Gasteiger partial charge in [0.05, 0.1) is 0 Å². The van der Waals surface area contributed by atoms with Gasteiger partial charge in [-0.25, -0.2) is 13.1 Å². The predicted octanol–water partition coefficient (Wildman–Crippen LogP) is 5.09. The summed E-state index contributed by atoms with van der Waals surface area (Å²) in [5, 5.41) is 0. The van der Waals surface area contributed by atoms with Crippen LogP contribution in [0.4, 0.5) is 0 Å². The van der Waals surface area contributed by atoms with Crippen molar-refractivity contribution in [3.63, 3.8) is 0 Å². The van der Waals surface area contributed by atoms with Gasteiger partial charge < -0.3 is 18.7 Å². The van der Waals surface area contributed by atoms with Crippen LogP contribution in [-0.4, -0.2) is 56.4 Å². The third-order valence-corrected chi connectivity index (χ3v) is 5.30. The van der Waals surface area contributed by atoms with E-state index < -0.39 is 15.8 Å². The van der Waals surface area contributed by atoms with Crippen LogP contribution in [0.5, 0.6) is 0 Å². The van der Waals surface area contributed by atoms with Gasteiger partial charge in [0.1, 0.15) is 29.0 Å². The van der Waals surface area contributed by atoms with Gasteiger partial charge in [-0.2, -0.15) is 0 Å². The first-order valence-electron chi connectivity index (χ1n) is 7.11. The molecule has 2 unspecified atom stereocenters. The molecule has 0 aromatic carbocycles. The summed E-state index contributed by atoms with van der Waals surface area (Å²) in [6.45, 7) is 27.5. The van der Waals surface area contributed by atoms with E-state index in [1.807, 2.05) is 0 Å². The van der Waals surface area contributed by atoms with Crippen LogP contribution in [0.2, 0.25) is 0 Å². The van der Waals surface area contributed by atoms with Gasteiger partial charge in [-0.1, -0.05) is 11.2 Å². The Labute approximate surface area is 143 Å². The van der Waals surface area contributed by atoms with Crippen molar-refractivity contribution in [1.82, 2.24) is 4.67 Å². The molecule has 8 heteroatoms. The van der Waals surface area contributed by atoms with Crippen molar-refractivity contribution < 1.29 is 9.05 Å². The lowest BCUT2D eigenvalue weighted by molar-refractivity contribution is 0.263. The lowest BCUT2D eigenvalue weighted by atomic mass is 10.3. The van der Waals surface area contributed by atoms with Crippen molar-refractivity contribution in [3.05, 3.63) is 22.8 Å². The standard InChI is InChI=1S/C10H21N2OP.C4H7ClNOP/c1-9(2)12(10(3)4)14(6)13-8-7-11-5;1-6-3-4-7-8(2)5/h9-10H,7-8H2,1-4,6H3;3-4H2,2H3. The monoisotopic (exact) mass is 367 g/mol. The summed E-state index contributed by atoms with van der Waals surface area (Å²) in [6, 6.07) is 0.998. The van der Waals surface area contributed by atoms with Gasteiger partial charge in [-0.3, -0.25) is 4.67 Å². The highest BCUT2D eigenvalue weighted by Crippen LogP contribution is 2.40. The second-order valence-electron chi connectivity index (χ2n) is 4.88. The largest absolute Gasteiger partial charge is 0.336 e. The van der Waals surface area contributed by atoms with Gasteiger partial charge in [0.2, 0.25) is 13.1 Å². The number of hydrogen-bond acceptors (Lipinski definition) is 3. The number of nitrogens with zero attached hydrogens (tertiary/aromatic N) is 3. The highest BCUT2D eigenvalue weighted by molar-refractivity contribution is 7.79. The molecule has 0 N–H and O–H groups in total. The Morgan fingerprint density at radius 3 is 1.68 bits per heavy atom. The molecule has 0 aliphatic carbocycles. The normalized spacial score (nSPS) is 13.3. The fraction of sp³-hybridized carbons (Fsp3) is 0.857. The Balaban J connectivity index is 0. The maximum Gasteiger partial charge on any atom is 0.238 e. The summed E-state index contributed by atoms with van der Waals surface area (Å²) in [5.41, 5.74) is 0. The van der Waals surface area contributed by atoms with Gasteiger partial charge >= 0.3 is 0 Å². The van der Waals surface area contributed by atoms with Crippen LogP contribution in [-0.2, 0) is 9.05 Å². The van der Waals surface area contributed by atoms with E-state index in [1.165, 1.54) is 0 Å². The van der Waals surface area contributed by atoms with Crippen molar-refractivity contribution in [2.75, 3.05) is 39.6 Å². The van der Waals surface area contributed by atoms with Crippen LogP contribution in [0.25, 0.3) is 9.69 Å². The third kappa shape index (κ3) is 14.9. The van der Waals surface area contributed by atoms with E-state index >= 15 is 0 Å². The first-order valence-corrected chi connectivity index (χ1v) is 11.4. The number of rotatable bonds is 9. The van der Waals surface area contributed by atoms with Crippen molar-refractivity contribution >= 4 is 27.0 Å². The molecule has 0 rings (SSSR count). The molecule has 2 atom stereocenters. The van der Waals surface area contributed by atoms with Gasteiger partial charge in [0.25, 0.3) is 0 Å². The Morgan fingerprint density at radius 1 is 0.955 bits per heavy atom. The summed E-state index contributed by atoms with van der Waals surface area (Å²) in [6.07, 6.45) is 0. The van der Waals surface area contributed by atoms with Crippen LogP contribution in [0.3, 0.4) is 0 Å². The third-order valence-electron chi connectivity index (χ3n) is 2.34. The van der Waals surface area contributed by atoms with E-state index in [9.17, 15) is 0 Å². The lowest BCUT2D eigenvalue weighted by Crippen LogP contribution is -2.32. The predicted molar refractivity (Wildman–Crippen MR) is 98.5 cm³/mol. The molecular weight excluding hydrogens is 340 g/mol. The van der Waals surface area contributed by atoms with Gasteiger partial charge in [0, 0.05) is 12.1 Å². The van der Waals surface area contributed by atoms with Crippen LogP contribution >= 0.6 is 27.0 Å². The fourth-order valence-corrected chi connectivity index (χ4v) is 4.06. The van der Waals surface area contributed by atoms with E-state index in [0.29, 0.717) is 38.4 Å². The smallest absolute Gasteiger partial charge is 0.238 e. The molecule has 0 amide bonds. The van der Waals surface area contributed by atoms with Crippen molar-refractivity contribution in [3.8, 4) is 0 Å². The minimum absolute atomic E-state index is 0.416. The van der Waals surface area contributed by atoms with Crippen molar-refractivity contribution in [1.29, 1.82) is 0 Å². The van der Waals surface area contributed by atoms with Crippen LogP contribution in [0.15, 0.2) is 0 Å². The Morgan fingerprint density at radius 2 is 1.36 bits per heavy atom. The number of hydrogen-bond donors (Lipinski definition) is 0. The molecule has 22 heavy (non-hydrogen) atoms. The molecule has 0 spiro atoms. The van der Waals surface area contributed by atoms with Crippen LogP contribution in [0, 0.1) is 13.1 Å². The second-order valence-corrected chi connectivity index (χ2v) is 9.06. The average Bonchev–Trinajstić information content (AvgIpc) is 2.38. The Hall–Kier alpha value is 0.01000. The number of halogens is 1. The summed E-state index contributed by atoms with van der Waals surface area (Å²) in [4.78, 5) is 6.36. The molecule has 0 fully saturated rings. The SMILES string of the molecule is [C-]#[N+]CCOP(C)Cl.[C-]#[N+]CCOP(C)N(C(C)C)C(C)C. The minimum Gasteiger partial charge on any atom is -0.336 e. The topological polar surface area (TPSA) is 30.4 Å². The first-order chi connectivity index (χ1) is 10.3. The van der Waals surface area contributed by atoms with E-state index in [1.54, 1.807) is 6.66 Å². The summed E-state index contributed by atoms with van der Waals surface area (Å²) in [7, 11) is -1.33. The quantitative estimate of drug-likeness (QED) is 0.323. The van der Waals surface area contributed by atoms with E-state index in [-0.39, 0.29) is 0 Å². The first kappa shape index (κ1) is 24.3. The van der Waals surface area contributed by atoms with E-state index in [0.717, 1.165) is 0 Å². The molecule has 0 radical (unpaired) electrons. The molecule has 0 bridgehead atoms. The summed E-state index contributed by atoms with van der Waals surface area (Å²) in [5.74, 6) is 0. The van der Waals surface area contributed by atoms with Crippen molar-refractivity contribution in [2.24, 2.45) is 0 Å². The van der Waals surface area contributed by atoms with Crippen LogP contribution in [0.1, 0.15) is 27.7 Å². The molecule has 0 aromatic rings. The summed E-state index contributed by atoms with van der Waals surface area (Å²) >= 11 is 5.45. The minimum atomic E-state index is -0.783. The lowest BCUT2D eigenvalue weighted by Gasteiger charge is -2.34. The molecule has 0 aliphatic heterocycles. The van der Waals surface area contributed by atoms with Gasteiger partial charge in [0.15, 0.2) is 0 Å². The molecule has 5 nitrogen and oxygen atoms in total. The van der Waals surface area contributed by atoms with E-state index in [4.69, 9.17) is 33.4 Å². The maximum atomic E-state index is 6.66. The summed E-state index contributed by atoms with van der Waals surface area (Å²) < 4.78 is 12.9. The zero-order chi connectivity index (χ0) is 17.5. The molecule has 0 heterocycles. The Kier molecular flexibility index (Phi) is 17.5. The highest BCUT2D eigenvalue weighted by atomic mass is 35.7. The molecule has 128 valence electrons. The molecule has 0 aliphatic rings. The van der Waals surface area contributed by atoms with Crippen molar-refractivity contribution in [2.45, 2.75) is 39.8 Å². The fourth-order valence-electron chi connectivity index (χ4n) is 1.74. The molecule has 0 aromatic heterocycles. The molecular formula is C14H28ClN3O2P2. The zero-order valence-corrected chi connectivity index (χ0v) is 17.0. The Bertz CT molecular complexity index is 336. The van der Waals surface area contributed by atoms with E-state index in [2.05, 4.69) is 48.7 Å². The maximum absolute atomic E-state index is 6.66. The average molecular weight is 368 g/mol. The second kappa shape index (κ2) is 15.9. The van der Waals surface area contributed by atoms with Gasteiger partial charge in [-0.15, -0.1) is 0 Å².